The van der Waals surface area contributed by atoms with E-state index in [2.05, 4.69) is 64.3 Å². The van der Waals surface area contributed by atoms with Crippen molar-refractivity contribution in [3.63, 3.8) is 0 Å². The lowest BCUT2D eigenvalue weighted by molar-refractivity contribution is -0.118. The van der Waals surface area contributed by atoms with Crippen LogP contribution in [0.15, 0.2) is 23.7 Å². The Morgan fingerprint density at radius 3 is 1.34 bits per heavy atom. The van der Waals surface area contributed by atoms with Crippen molar-refractivity contribution in [2.75, 3.05) is 42.4 Å². The van der Waals surface area contributed by atoms with Crippen molar-refractivity contribution in [3.05, 3.63) is 79.3 Å². The van der Waals surface area contributed by atoms with Gasteiger partial charge in [0.1, 0.15) is 11.5 Å². The van der Waals surface area contributed by atoms with Crippen molar-refractivity contribution in [2.24, 2.45) is 0 Å². The summed E-state index contributed by atoms with van der Waals surface area (Å²) in [6.07, 6.45) is 5.39. The van der Waals surface area contributed by atoms with Gasteiger partial charge < -0.3 is 39.8 Å². The predicted octanol–water partition coefficient (Wildman–Crippen LogP) is 9.54. The zero-order valence-electron chi connectivity index (χ0n) is 39.8. The molecule has 0 radical (unpaired) electrons. The quantitative estimate of drug-likeness (QED) is 0.199. The van der Waals surface area contributed by atoms with E-state index in [-0.39, 0.29) is 41.2 Å². The van der Waals surface area contributed by atoms with Gasteiger partial charge in [-0.25, -0.2) is 4.79 Å². The Bertz CT molecular complexity index is 2140. The summed E-state index contributed by atoms with van der Waals surface area (Å²) in [5.41, 5.74) is 9.84. The van der Waals surface area contributed by atoms with Crippen LogP contribution in [-0.2, 0) is 23.8 Å². The van der Waals surface area contributed by atoms with E-state index in [4.69, 9.17) is 25.8 Å². The molecule has 0 saturated heterocycles. The Balaban J connectivity index is 0.000000291. The molecule has 2 spiro atoms. The zero-order chi connectivity index (χ0) is 46.2. The molecule has 0 aromatic heterocycles. The molecule has 6 rings (SSSR count). The number of methoxy groups -OCH3 is 2. The van der Waals surface area contributed by atoms with Crippen molar-refractivity contribution in [3.8, 4) is 0 Å². The average Bonchev–Trinajstić information content (AvgIpc) is 3.59. The number of hydrogen-bond acceptors (Lipinski definition) is 8. The lowest BCUT2D eigenvalue weighted by Crippen LogP contribution is -2.51. The molecule has 4 amide bonds. The molecule has 4 aliphatic rings. The fourth-order valence-corrected chi connectivity index (χ4v) is 9.02. The van der Waals surface area contributed by atoms with Crippen molar-refractivity contribution < 1.29 is 38.5 Å². The highest BCUT2D eigenvalue weighted by atomic mass is 35.5. The third-order valence-electron chi connectivity index (χ3n) is 13.9. The number of carbonyl (C=O) groups excluding carboxylic acids is 4. The van der Waals surface area contributed by atoms with Crippen LogP contribution in [0.1, 0.15) is 121 Å². The van der Waals surface area contributed by atoms with Gasteiger partial charge in [0, 0.05) is 42.4 Å². The van der Waals surface area contributed by atoms with Crippen molar-refractivity contribution >= 4 is 58.4 Å². The maximum absolute atomic E-state index is 13.3. The number of amides is 4. The second-order valence-corrected chi connectivity index (χ2v) is 18.8. The molecule has 0 unspecified atom stereocenters. The van der Waals surface area contributed by atoms with Gasteiger partial charge in [-0.2, -0.15) is 0 Å². The molecule has 2 saturated carbocycles. The predicted molar refractivity (Wildman–Crippen MR) is 249 cm³/mol. The van der Waals surface area contributed by atoms with Crippen LogP contribution < -0.4 is 10.6 Å². The fourth-order valence-electron chi connectivity index (χ4n) is 9.02. The van der Waals surface area contributed by atoms with Gasteiger partial charge >= 0.3 is 11.5 Å². The van der Waals surface area contributed by atoms with Crippen molar-refractivity contribution in [2.45, 2.75) is 143 Å². The highest BCUT2D eigenvalue weighted by molar-refractivity contribution is 6.62. The molecule has 0 atom stereocenters. The summed E-state index contributed by atoms with van der Waals surface area (Å²) < 4.78 is 17.2. The molecule has 2 aliphatic heterocycles. The molecule has 14 heteroatoms. The molecule has 3 N–H and O–H groups in total. The minimum absolute atomic E-state index is 0. The van der Waals surface area contributed by atoms with Crippen LogP contribution in [0.4, 0.5) is 9.59 Å². The van der Waals surface area contributed by atoms with Gasteiger partial charge in [0.2, 0.25) is 0 Å². The summed E-state index contributed by atoms with van der Waals surface area (Å²) in [4.78, 5) is 51.3. The number of nitrogens with one attached hydrogen (secondary N) is 2. The van der Waals surface area contributed by atoms with Crippen LogP contribution in [0.5, 0.6) is 0 Å². The number of nitrogens with zero attached hydrogens (tertiary/aromatic N) is 2. The first-order chi connectivity index (χ1) is 28.2. The largest absolute Gasteiger partial charge is 0.509 e. The van der Waals surface area contributed by atoms with E-state index < -0.39 is 22.5 Å². The summed E-state index contributed by atoms with van der Waals surface area (Å²) in [7, 11) is 9.93. The summed E-state index contributed by atoms with van der Waals surface area (Å²) in [5, 5.41) is 17.0. The van der Waals surface area contributed by atoms with E-state index in [0.29, 0.717) is 42.6 Å². The molecular formula is C48H70Cl2N4O8. The van der Waals surface area contributed by atoms with Gasteiger partial charge in [-0.1, -0.05) is 12.1 Å². The molecule has 2 fully saturated rings. The first-order valence-electron chi connectivity index (χ1n) is 21.1. The van der Waals surface area contributed by atoms with Gasteiger partial charge in [-0.15, -0.1) is 12.4 Å². The Labute approximate surface area is 380 Å². The summed E-state index contributed by atoms with van der Waals surface area (Å²) in [6.45, 7) is 20.5. The number of carbonyl (C=O) groups is 4. The Kier molecular flexibility index (Phi) is 16.6. The number of rotatable bonds is 5. The smallest absolute Gasteiger partial charge is 0.414 e. The second-order valence-electron chi connectivity index (χ2n) is 18.5. The van der Waals surface area contributed by atoms with Crippen molar-refractivity contribution in [1.29, 1.82) is 0 Å². The number of ether oxygens (including phenoxy) is 3. The minimum Gasteiger partial charge on any atom is -0.509 e. The van der Waals surface area contributed by atoms with E-state index in [9.17, 15) is 24.3 Å². The van der Waals surface area contributed by atoms with Gasteiger partial charge in [0.05, 0.1) is 33.4 Å². The third kappa shape index (κ3) is 10.3. The molecule has 2 aliphatic carbocycles. The van der Waals surface area contributed by atoms with Crippen molar-refractivity contribution in [1.82, 2.24) is 20.4 Å². The number of aliphatic hydroxyl groups excluding tert-OH is 1. The van der Waals surface area contributed by atoms with E-state index in [1.807, 2.05) is 27.7 Å². The van der Waals surface area contributed by atoms with Crippen LogP contribution in [0.2, 0.25) is 0 Å². The number of benzene rings is 2. The minimum atomic E-state index is -0.687. The fraction of sp³-hybridized carbons (Fsp3) is 0.583. The molecule has 0 bridgehead atoms. The first-order valence-corrected chi connectivity index (χ1v) is 21.5. The lowest BCUT2D eigenvalue weighted by atomic mass is 9.73. The molecule has 344 valence electrons. The van der Waals surface area contributed by atoms with Crippen LogP contribution in [0.3, 0.4) is 0 Å². The van der Waals surface area contributed by atoms with E-state index in [1.54, 1.807) is 42.4 Å². The Morgan fingerprint density at radius 2 is 0.968 bits per heavy atom. The molecule has 12 nitrogen and oxygen atoms in total. The SMILES string of the molecule is CN(C)C(=O)Cl.COC1(C)CCC2(CC1)NC(=O)C(c1c(C)cc(C)c(C)c1C)=C2O.COC1(C)CCC2(CC1)NC(=O)C(c1c(C)cc(C)c(C)c1C)=C2OC(=O)N(C)C.Cl. The number of aliphatic hydroxyl groups is 1. The third-order valence-corrected chi connectivity index (χ3v) is 14.3. The van der Waals surface area contributed by atoms with E-state index in [0.717, 1.165) is 64.6 Å². The lowest BCUT2D eigenvalue weighted by Gasteiger charge is -2.42. The normalized spacial score (nSPS) is 25.3. The number of hydrogen-bond donors (Lipinski definition) is 3. The average molecular weight is 902 g/mol. The van der Waals surface area contributed by atoms with Gasteiger partial charge in [0.25, 0.3) is 11.8 Å². The maximum atomic E-state index is 13.3. The van der Waals surface area contributed by atoms with Gasteiger partial charge in [-0.05, 0) is 188 Å². The summed E-state index contributed by atoms with van der Waals surface area (Å²) in [6, 6.07) is 4.19. The van der Waals surface area contributed by atoms with Crippen LogP contribution in [-0.4, -0.2) is 103 Å². The monoisotopic (exact) mass is 900 g/mol. The van der Waals surface area contributed by atoms with Gasteiger partial charge in [0.15, 0.2) is 0 Å². The Morgan fingerprint density at radius 1 is 0.613 bits per heavy atom. The van der Waals surface area contributed by atoms with Crippen LogP contribution in [0, 0.1) is 55.4 Å². The standard InChI is InChI=1S/C24H34N2O4.C21H29NO3.C3H6ClNO.ClH/c1-14-13-15(2)18(17(4)16(14)3)19-20(30-22(28)26(6)7)24(25-21(19)27)11-9-23(5,29-8)10-12-24;1-12-11-13(2)16(15(4)14(12)3)17-18(23)21(22-19(17)24)9-7-20(5,25-6)8-10-21;1-5(2)3(4)6;/h13H,9-12H2,1-8H3,(H,25,27);11,23H,7-10H2,1-6H3,(H,22,24);1-2H3;1H. The molecule has 62 heavy (non-hydrogen) atoms. The number of halogens is 2. The molecular weight excluding hydrogens is 831 g/mol. The highest BCUT2D eigenvalue weighted by Gasteiger charge is 2.53. The van der Waals surface area contributed by atoms with Crippen LogP contribution in [0.25, 0.3) is 11.1 Å². The maximum Gasteiger partial charge on any atom is 0.414 e. The molecule has 2 aromatic rings. The highest BCUT2D eigenvalue weighted by Crippen LogP contribution is 2.49. The topological polar surface area (TPSA) is 147 Å². The zero-order valence-corrected chi connectivity index (χ0v) is 41.4. The van der Waals surface area contributed by atoms with E-state index in [1.165, 1.54) is 26.5 Å². The van der Waals surface area contributed by atoms with Crippen LogP contribution >= 0.6 is 24.0 Å². The summed E-state index contributed by atoms with van der Waals surface area (Å²) >= 11 is 4.90. The first kappa shape index (κ1) is 52.2. The molecule has 2 heterocycles. The van der Waals surface area contributed by atoms with E-state index >= 15 is 0 Å². The molecule has 2 aromatic carbocycles. The Hall–Kier alpha value is -4.10. The number of aryl methyl sites for hydroxylation is 4. The summed E-state index contributed by atoms with van der Waals surface area (Å²) in [5.74, 6) is 0.337. The van der Waals surface area contributed by atoms with Gasteiger partial charge in [-0.3, -0.25) is 14.4 Å². The second kappa shape index (κ2) is 19.7.